The molecule has 26 heavy (non-hydrogen) atoms. The number of halogens is 1. The van der Waals surface area contributed by atoms with E-state index in [1.807, 2.05) is 12.1 Å². The van der Waals surface area contributed by atoms with E-state index in [4.69, 9.17) is 4.74 Å². The molecular formula is C23H36FNO. The molecule has 1 aliphatic heterocycles. The van der Waals surface area contributed by atoms with E-state index in [0.29, 0.717) is 0 Å². The van der Waals surface area contributed by atoms with Gasteiger partial charge in [-0.2, -0.15) is 0 Å². The first-order valence-corrected chi connectivity index (χ1v) is 10.4. The number of hydrogen-bond acceptors (Lipinski definition) is 2. The Kier molecular flexibility index (Phi) is 5.79. The van der Waals surface area contributed by atoms with Crippen LogP contribution in [0.4, 0.5) is 4.39 Å². The third kappa shape index (κ3) is 4.86. The van der Waals surface area contributed by atoms with Gasteiger partial charge in [-0.25, -0.2) is 4.39 Å². The SMILES string of the molecule is CC1(C)CC(CCNCC2CCCC2)(c2ccc(F)cc2)CC(C)(C)O1. The molecule has 0 unspecified atom stereocenters. The fourth-order valence-corrected chi connectivity index (χ4v) is 5.69. The predicted octanol–water partition coefficient (Wildman–Crippen LogP) is 5.60. The molecule has 1 saturated heterocycles. The summed E-state index contributed by atoms with van der Waals surface area (Å²) in [5.74, 6) is 0.702. The number of ether oxygens (including phenoxy) is 1. The first-order chi connectivity index (χ1) is 12.2. The fourth-order valence-electron chi connectivity index (χ4n) is 5.69. The van der Waals surface area contributed by atoms with E-state index in [0.717, 1.165) is 38.3 Å². The highest BCUT2D eigenvalue weighted by Crippen LogP contribution is 2.49. The second-order valence-corrected chi connectivity index (χ2v) is 9.87. The average Bonchev–Trinajstić information content (AvgIpc) is 3.02. The van der Waals surface area contributed by atoms with Crippen molar-refractivity contribution in [1.29, 1.82) is 0 Å². The second kappa shape index (κ2) is 7.59. The molecule has 0 atom stereocenters. The van der Waals surface area contributed by atoms with Crippen molar-refractivity contribution in [2.75, 3.05) is 13.1 Å². The van der Waals surface area contributed by atoms with Gasteiger partial charge in [-0.3, -0.25) is 0 Å². The zero-order valence-corrected chi connectivity index (χ0v) is 17.0. The molecule has 0 spiro atoms. The number of rotatable bonds is 6. The summed E-state index contributed by atoms with van der Waals surface area (Å²) < 4.78 is 19.9. The molecule has 1 aliphatic carbocycles. The molecule has 0 aromatic heterocycles. The highest BCUT2D eigenvalue weighted by Gasteiger charge is 2.48. The Morgan fingerprint density at radius 3 is 2.15 bits per heavy atom. The van der Waals surface area contributed by atoms with Crippen LogP contribution in [0.2, 0.25) is 0 Å². The molecule has 0 radical (unpaired) electrons. The Balaban J connectivity index is 1.75. The Morgan fingerprint density at radius 2 is 1.58 bits per heavy atom. The van der Waals surface area contributed by atoms with Gasteiger partial charge in [0, 0.05) is 5.41 Å². The minimum Gasteiger partial charge on any atom is -0.370 e. The molecular weight excluding hydrogens is 325 g/mol. The highest BCUT2D eigenvalue weighted by atomic mass is 19.1. The number of benzene rings is 1. The van der Waals surface area contributed by atoms with E-state index in [2.05, 4.69) is 33.0 Å². The van der Waals surface area contributed by atoms with Crippen LogP contribution in [0.5, 0.6) is 0 Å². The highest BCUT2D eigenvalue weighted by molar-refractivity contribution is 5.28. The quantitative estimate of drug-likeness (QED) is 0.666. The molecule has 0 bridgehead atoms. The van der Waals surface area contributed by atoms with Gasteiger partial charge in [0.15, 0.2) is 0 Å². The van der Waals surface area contributed by atoms with Gasteiger partial charge in [0.1, 0.15) is 5.82 Å². The van der Waals surface area contributed by atoms with Crippen molar-refractivity contribution in [3.63, 3.8) is 0 Å². The van der Waals surface area contributed by atoms with Gasteiger partial charge in [0.25, 0.3) is 0 Å². The molecule has 2 nitrogen and oxygen atoms in total. The van der Waals surface area contributed by atoms with E-state index < -0.39 is 0 Å². The lowest BCUT2D eigenvalue weighted by Crippen LogP contribution is -2.53. The van der Waals surface area contributed by atoms with Gasteiger partial charge >= 0.3 is 0 Å². The third-order valence-corrected chi connectivity index (χ3v) is 6.23. The summed E-state index contributed by atoms with van der Waals surface area (Å²) in [4.78, 5) is 0. The van der Waals surface area contributed by atoms with Crippen LogP contribution >= 0.6 is 0 Å². The van der Waals surface area contributed by atoms with Crippen molar-refractivity contribution in [2.45, 2.75) is 89.3 Å². The van der Waals surface area contributed by atoms with Gasteiger partial charge in [0.05, 0.1) is 11.2 Å². The summed E-state index contributed by atoms with van der Waals surface area (Å²) in [5.41, 5.74) is 0.927. The average molecular weight is 362 g/mol. The van der Waals surface area contributed by atoms with Crippen LogP contribution in [0.3, 0.4) is 0 Å². The molecule has 3 rings (SSSR count). The van der Waals surface area contributed by atoms with E-state index in [9.17, 15) is 4.39 Å². The maximum absolute atomic E-state index is 13.5. The van der Waals surface area contributed by atoms with E-state index in [1.54, 1.807) is 12.1 Å². The maximum Gasteiger partial charge on any atom is 0.123 e. The monoisotopic (exact) mass is 361 g/mol. The lowest BCUT2D eigenvalue weighted by molar-refractivity contribution is -0.181. The van der Waals surface area contributed by atoms with Crippen molar-refractivity contribution < 1.29 is 9.13 Å². The minimum absolute atomic E-state index is 0.0294. The number of nitrogens with one attached hydrogen (secondary N) is 1. The maximum atomic E-state index is 13.5. The van der Waals surface area contributed by atoms with Crippen LogP contribution in [0, 0.1) is 11.7 Å². The summed E-state index contributed by atoms with van der Waals surface area (Å²) in [6.45, 7) is 10.9. The molecule has 1 aromatic rings. The first-order valence-electron chi connectivity index (χ1n) is 10.4. The van der Waals surface area contributed by atoms with Gasteiger partial charge in [-0.1, -0.05) is 25.0 Å². The smallest absolute Gasteiger partial charge is 0.123 e. The fraction of sp³-hybridized carbons (Fsp3) is 0.739. The molecule has 1 N–H and O–H groups in total. The van der Waals surface area contributed by atoms with Gasteiger partial charge in [0.2, 0.25) is 0 Å². The molecule has 1 heterocycles. The van der Waals surface area contributed by atoms with Gasteiger partial charge in [-0.15, -0.1) is 0 Å². The van der Waals surface area contributed by atoms with E-state index in [1.165, 1.54) is 31.2 Å². The lowest BCUT2D eigenvalue weighted by Gasteiger charge is -2.52. The molecule has 0 amide bonds. The Hall–Kier alpha value is -0.930. The van der Waals surface area contributed by atoms with Gasteiger partial charge < -0.3 is 10.1 Å². The van der Waals surface area contributed by atoms with Crippen LogP contribution in [-0.2, 0) is 10.2 Å². The van der Waals surface area contributed by atoms with Crippen molar-refractivity contribution in [1.82, 2.24) is 5.32 Å². The van der Waals surface area contributed by atoms with Crippen LogP contribution in [-0.4, -0.2) is 24.3 Å². The third-order valence-electron chi connectivity index (χ3n) is 6.23. The summed E-state index contributed by atoms with van der Waals surface area (Å²) in [6.07, 6.45) is 8.56. The van der Waals surface area contributed by atoms with Crippen molar-refractivity contribution in [3.8, 4) is 0 Å². The second-order valence-electron chi connectivity index (χ2n) is 9.87. The van der Waals surface area contributed by atoms with Crippen LogP contribution in [0.1, 0.15) is 78.2 Å². The summed E-state index contributed by atoms with van der Waals surface area (Å²) in [6, 6.07) is 7.20. The zero-order valence-electron chi connectivity index (χ0n) is 17.0. The van der Waals surface area contributed by atoms with Crippen molar-refractivity contribution >= 4 is 0 Å². The van der Waals surface area contributed by atoms with E-state index >= 15 is 0 Å². The largest absolute Gasteiger partial charge is 0.370 e. The van der Waals surface area contributed by atoms with Gasteiger partial charge in [-0.05, 0) is 96.5 Å². The zero-order chi connectivity index (χ0) is 18.8. The summed E-state index contributed by atoms with van der Waals surface area (Å²) >= 11 is 0. The molecule has 2 aliphatic rings. The van der Waals surface area contributed by atoms with Crippen molar-refractivity contribution in [2.24, 2.45) is 5.92 Å². The molecule has 146 valence electrons. The first kappa shape index (κ1) is 19.8. The standard InChI is InChI=1S/C23H36FNO/c1-21(2)16-23(17-22(3,4)26-21,19-9-11-20(24)12-10-19)13-14-25-15-18-7-5-6-8-18/h9-12,18,25H,5-8,13-17H2,1-4H3. The Morgan fingerprint density at radius 1 is 1.00 bits per heavy atom. The normalized spacial score (nSPS) is 24.7. The summed E-state index contributed by atoms with van der Waals surface area (Å²) in [7, 11) is 0. The molecule has 1 saturated carbocycles. The molecule has 2 fully saturated rings. The summed E-state index contributed by atoms with van der Waals surface area (Å²) in [5, 5.41) is 3.72. The topological polar surface area (TPSA) is 21.3 Å². The Bertz CT molecular complexity index is 571. The van der Waals surface area contributed by atoms with Crippen molar-refractivity contribution in [3.05, 3.63) is 35.6 Å². The van der Waals surface area contributed by atoms with Crippen LogP contribution in [0.15, 0.2) is 24.3 Å². The minimum atomic E-state index is -0.179. The predicted molar refractivity (Wildman–Crippen MR) is 106 cm³/mol. The van der Waals surface area contributed by atoms with Crippen LogP contribution in [0.25, 0.3) is 0 Å². The molecule has 3 heteroatoms. The van der Waals surface area contributed by atoms with Crippen LogP contribution < -0.4 is 5.32 Å². The Labute approximate surface area is 158 Å². The number of hydrogen-bond donors (Lipinski definition) is 1. The molecule has 1 aromatic carbocycles. The lowest BCUT2D eigenvalue weighted by atomic mass is 9.63. The van der Waals surface area contributed by atoms with E-state index in [-0.39, 0.29) is 22.4 Å².